The molecule has 1 aliphatic rings. The van der Waals surface area contributed by atoms with E-state index in [0.29, 0.717) is 0 Å². The lowest BCUT2D eigenvalue weighted by atomic mass is 10.2. The number of benzene rings is 1. The third kappa shape index (κ3) is 3.65. The number of rotatable bonds is 4. The van der Waals surface area contributed by atoms with Gasteiger partial charge in [0.1, 0.15) is 0 Å². The molecule has 17 heavy (non-hydrogen) atoms. The number of piperazine rings is 1. The van der Waals surface area contributed by atoms with E-state index in [-0.39, 0.29) is 0 Å². The second-order valence-corrected chi connectivity index (χ2v) is 5.19. The van der Waals surface area contributed by atoms with Crippen LogP contribution in [0.4, 0.5) is 5.69 Å². The highest BCUT2D eigenvalue weighted by Gasteiger charge is 2.16. The zero-order valence-electron chi connectivity index (χ0n) is 10.6. The zero-order chi connectivity index (χ0) is 12.1. The first kappa shape index (κ1) is 12.8. The van der Waals surface area contributed by atoms with E-state index >= 15 is 0 Å². The first-order valence-corrected chi connectivity index (χ1v) is 7.07. The maximum atomic E-state index is 4.27. The highest BCUT2D eigenvalue weighted by Crippen LogP contribution is 2.17. The number of nitrogens with zero attached hydrogens (tertiary/aromatic N) is 2. The summed E-state index contributed by atoms with van der Waals surface area (Å²) in [5.41, 5.74) is 2.72. The second-order valence-electron chi connectivity index (χ2n) is 4.74. The van der Waals surface area contributed by atoms with Crippen LogP contribution in [0, 0.1) is 6.92 Å². The van der Waals surface area contributed by atoms with Crippen LogP contribution in [-0.2, 0) is 0 Å². The lowest BCUT2D eigenvalue weighted by molar-refractivity contribution is 0.259. The Kier molecular flexibility index (Phi) is 4.75. The second kappa shape index (κ2) is 6.31. The van der Waals surface area contributed by atoms with Crippen molar-refractivity contribution in [1.29, 1.82) is 0 Å². The maximum Gasteiger partial charge on any atom is 0.0369 e. The normalized spacial score (nSPS) is 17.4. The Morgan fingerprint density at radius 2 is 1.94 bits per heavy atom. The summed E-state index contributed by atoms with van der Waals surface area (Å²) >= 11 is 4.27. The van der Waals surface area contributed by atoms with Crippen LogP contribution in [0.25, 0.3) is 0 Å². The molecule has 0 unspecified atom stereocenters. The molecule has 94 valence electrons. The molecule has 0 radical (unpaired) electrons. The summed E-state index contributed by atoms with van der Waals surface area (Å²) in [6.07, 6.45) is 1.20. The van der Waals surface area contributed by atoms with Gasteiger partial charge in [-0.15, -0.1) is 0 Å². The molecule has 0 aromatic heterocycles. The quantitative estimate of drug-likeness (QED) is 0.820. The van der Waals surface area contributed by atoms with E-state index in [1.807, 2.05) is 0 Å². The monoisotopic (exact) mass is 250 g/mol. The molecule has 0 N–H and O–H groups in total. The van der Waals surface area contributed by atoms with Gasteiger partial charge >= 0.3 is 0 Å². The summed E-state index contributed by atoms with van der Waals surface area (Å²) in [7, 11) is 0. The van der Waals surface area contributed by atoms with Crippen molar-refractivity contribution in [3.63, 3.8) is 0 Å². The van der Waals surface area contributed by atoms with Crippen molar-refractivity contribution in [3.05, 3.63) is 29.8 Å². The molecule has 0 bridgehead atoms. The van der Waals surface area contributed by atoms with Gasteiger partial charge in [-0.2, -0.15) is 12.6 Å². The van der Waals surface area contributed by atoms with Crippen molar-refractivity contribution in [2.24, 2.45) is 0 Å². The van der Waals surface area contributed by atoms with Crippen LogP contribution in [-0.4, -0.2) is 43.4 Å². The maximum absolute atomic E-state index is 4.27. The van der Waals surface area contributed by atoms with Crippen molar-refractivity contribution in [3.8, 4) is 0 Å². The molecule has 1 aromatic carbocycles. The van der Waals surface area contributed by atoms with Crippen molar-refractivity contribution in [2.75, 3.05) is 43.4 Å². The molecule has 1 aromatic rings. The highest BCUT2D eigenvalue weighted by atomic mass is 32.1. The molecule has 3 heteroatoms. The lowest BCUT2D eigenvalue weighted by Crippen LogP contribution is -2.46. The fraction of sp³-hybridized carbons (Fsp3) is 0.571. The van der Waals surface area contributed by atoms with E-state index in [1.54, 1.807) is 0 Å². The smallest absolute Gasteiger partial charge is 0.0369 e. The average molecular weight is 250 g/mol. The molecule has 1 fully saturated rings. The zero-order valence-corrected chi connectivity index (χ0v) is 11.5. The fourth-order valence-electron chi connectivity index (χ4n) is 2.35. The SMILES string of the molecule is Cc1cccc(N2CCN(CCCS)CC2)c1. The van der Waals surface area contributed by atoms with Crippen LogP contribution in [0.1, 0.15) is 12.0 Å². The molecule has 1 aliphatic heterocycles. The third-order valence-corrected chi connectivity index (χ3v) is 3.69. The molecule has 0 atom stereocenters. The van der Waals surface area contributed by atoms with Crippen molar-refractivity contribution in [1.82, 2.24) is 4.90 Å². The van der Waals surface area contributed by atoms with Crippen molar-refractivity contribution < 1.29 is 0 Å². The van der Waals surface area contributed by atoms with E-state index < -0.39 is 0 Å². The van der Waals surface area contributed by atoms with Crippen LogP contribution >= 0.6 is 12.6 Å². The van der Waals surface area contributed by atoms with Crippen molar-refractivity contribution >= 4 is 18.3 Å². The predicted molar refractivity (Wildman–Crippen MR) is 78.3 cm³/mol. The van der Waals surface area contributed by atoms with Crippen molar-refractivity contribution in [2.45, 2.75) is 13.3 Å². The average Bonchev–Trinajstić information content (AvgIpc) is 2.37. The summed E-state index contributed by atoms with van der Waals surface area (Å²) in [6, 6.07) is 8.81. The summed E-state index contributed by atoms with van der Waals surface area (Å²) in [5.74, 6) is 0.998. The summed E-state index contributed by atoms with van der Waals surface area (Å²) in [4.78, 5) is 5.03. The summed E-state index contributed by atoms with van der Waals surface area (Å²) in [6.45, 7) is 8.02. The van der Waals surface area contributed by atoms with Gasteiger partial charge in [0.25, 0.3) is 0 Å². The molecule has 0 saturated carbocycles. The molecule has 2 rings (SSSR count). The summed E-state index contributed by atoms with van der Waals surface area (Å²) in [5, 5.41) is 0. The largest absolute Gasteiger partial charge is 0.369 e. The highest BCUT2D eigenvalue weighted by molar-refractivity contribution is 7.80. The Morgan fingerprint density at radius 1 is 1.18 bits per heavy atom. The van der Waals surface area contributed by atoms with Crippen LogP contribution < -0.4 is 4.90 Å². The molecule has 1 saturated heterocycles. The van der Waals surface area contributed by atoms with Crippen LogP contribution in [0.15, 0.2) is 24.3 Å². The Balaban J connectivity index is 1.86. The predicted octanol–water partition coefficient (Wildman–Crippen LogP) is 2.44. The number of thiol groups is 1. The first-order valence-electron chi connectivity index (χ1n) is 6.44. The van der Waals surface area contributed by atoms with E-state index in [4.69, 9.17) is 0 Å². The van der Waals surface area contributed by atoms with Gasteiger partial charge in [-0.3, -0.25) is 4.90 Å². The fourth-order valence-corrected chi connectivity index (χ4v) is 2.49. The van der Waals surface area contributed by atoms with Gasteiger partial charge in [-0.1, -0.05) is 12.1 Å². The minimum atomic E-state index is 0.998. The van der Waals surface area contributed by atoms with E-state index in [2.05, 4.69) is 53.6 Å². The third-order valence-electron chi connectivity index (χ3n) is 3.37. The van der Waals surface area contributed by atoms with Crippen LogP contribution in [0.5, 0.6) is 0 Å². The van der Waals surface area contributed by atoms with E-state index in [1.165, 1.54) is 37.3 Å². The number of aryl methyl sites for hydroxylation is 1. The number of anilines is 1. The Hall–Kier alpha value is -0.670. The molecule has 2 nitrogen and oxygen atoms in total. The molecule has 0 amide bonds. The van der Waals surface area contributed by atoms with E-state index in [0.717, 1.165) is 18.8 Å². The Bertz CT molecular complexity index is 346. The number of hydrogen-bond donors (Lipinski definition) is 1. The van der Waals surface area contributed by atoms with Gasteiger partial charge in [0.2, 0.25) is 0 Å². The number of hydrogen-bond acceptors (Lipinski definition) is 3. The van der Waals surface area contributed by atoms with Gasteiger partial charge in [-0.05, 0) is 43.3 Å². The van der Waals surface area contributed by atoms with Gasteiger partial charge in [0, 0.05) is 31.9 Å². The molecular formula is C14H22N2S. The van der Waals surface area contributed by atoms with Gasteiger partial charge in [-0.25, -0.2) is 0 Å². The molecule has 0 spiro atoms. The minimum absolute atomic E-state index is 0.998. The topological polar surface area (TPSA) is 6.48 Å². The van der Waals surface area contributed by atoms with E-state index in [9.17, 15) is 0 Å². The standard InChI is InChI=1S/C14H22N2S/c1-13-4-2-5-14(12-13)16-9-7-15(8-10-16)6-3-11-17/h2,4-5,12,17H,3,6-11H2,1H3. The van der Waals surface area contributed by atoms with Gasteiger partial charge < -0.3 is 4.90 Å². The molecule has 1 heterocycles. The Labute approximate surface area is 110 Å². The Morgan fingerprint density at radius 3 is 2.59 bits per heavy atom. The van der Waals surface area contributed by atoms with Crippen LogP contribution in [0.2, 0.25) is 0 Å². The minimum Gasteiger partial charge on any atom is -0.369 e. The first-order chi connectivity index (χ1) is 8.29. The molecule has 0 aliphatic carbocycles. The summed E-state index contributed by atoms with van der Waals surface area (Å²) < 4.78 is 0. The lowest BCUT2D eigenvalue weighted by Gasteiger charge is -2.36. The van der Waals surface area contributed by atoms with Gasteiger partial charge in [0.15, 0.2) is 0 Å². The van der Waals surface area contributed by atoms with Gasteiger partial charge in [0.05, 0.1) is 0 Å². The van der Waals surface area contributed by atoms with Crippen LogP contribution in [0.3, 0.4) is 0 Å². The molecular weight excluding hydrogens is 228 g/mol.